The van der Waals surface area contributed by atoms with E-state index in [0.717, 1.165) is 42.9 Å². The Morgan fingerprint density at radius 1 is 1.27 bits per heavy atom. The third-order valence-corrected chi connectivity index (χ3v) is 6.00. The number of ether oxygens (including phenoxy) is 1. The predicted molar refractivity (Wildman–Crippen MR) is 118 cm³/mol. The molecule has 2 atom stereocenters. The Bertz CT molecular complexity index is 1010. The molecular weight excluding hydrogens is 376 g/mol. The van der Waals surface area contributed by atoms with Gasteiger partial charge in [-0.25, -0.2) is 4.98 Å². The van der Waals surface area contributed by atoms with E-state index in [1.807, 2.05) is 42.8 Å². The van der Waals surface area contributed by atoms with Gasteiger partial charge in [0.15, 0.2) is 0 Å². The average Bonchev–Trinajstić information content (AvgIpc) is 3.05. The van der Waals surface area contributed by atoms with Crippen LogP contribution in [0.4, 0.5) is 0 Å². The standard InChI is InChI=1S/C24H30N4O2/c1-4-20(23-16-28(12-13-30-23)15-18-8-6-5-7-9-18)26-24(29)19-10-11-22-21(14-19)25-17(2)27(22)3/h5-11,14,20,23H,4,12-13,15-16H2,1-3H3,(H,26,29)/t20-,23-/m0/s1. The maximum atomic E-state index is 12.9. The van der Waals surface area contributed by atoms with Gasteiger partial charge in [-0.2, -0.15) is 0 Å². The second-order valence-electron chi connectivity index (χ2n) is 8.04. The Morgan fingerprint density at radius 3 is 2.83 bits per heavy atom. The fraction of sp³-hybridized carbons (Fsp3) is 0.417. The van der Waals surface area contributed by atoms with Gasteiger partial charge in [0.25, 0.3) is 5.91 Å². The van der Waals surface area contributed by atoms with Crippen molar-refractivity contribution in [1.29, 1.82) is 0 Å². The molecule has 158 valence electrons. The third-order valence-electron chi connectivity index (χ3n) is 6.00. The number of hydrogen-bond donors (Lipinski definition) is 1. The smallest absolute Gasteiger partial charge is 0.251 e. The van der Waals surface area contributed by atoms with Gasteiger partial charge in [0, 0.05) is 32.2 Å². The fourth-order valence-electron chi connectivity index (χ4n) is 4.13. The summed E-state index contributed by atoms with van der Waals surface area (Å²) in [6.07, 6.45) is 0.804. The predicted octanol–water partition coefficient (Wildman–Crippen LogP) is 3.29. The average molecular weight is 407 g/mol. The van der Waals surface area contributed by atoms with E-state index in [0.29, 0.717) is 12.2 Å². The normalized spacial score (nSPS) is 18.4. The number of carbonyl (C=O) groups is 1. The summed E-state index contributed by atoms with van der Waals surface area (Å²) < 4.78 is 8.08. The van der Waals surface area contributed by atoms with Crippen molar-refractivity contribution in [3.05, 3.63) is 65.5 Å². The van der Waals surface area contributed by atoms with Crippen LogP contribution < -0.4 is 5.32 Å². The molecule has 4 rings (SSSR count). The van der Waals surface area contributed by atoms with Crippen LogP contribution in [-0.2, 0) is 18.3 Å². The van der Waals surface area contributed by atoms with Gasteiger partial charge in [-0.3, -0.25) is 9.69 Å². The number of morpholine rings is 1. The summed E-state index contributed by atoms with van der Waals surface area (Å²) in [5.41, 5.74) is 3.81. The van der Waals surface area contributed by atoms with Gasteiger partial charge >= 0.3 is 0 Å². The van der Waals surface area contributed by atoms with Gasteiger partial charge in [-0.15, -0.1) is 0 Å². The lowest BCUT2D eigenvalue weighted by molar-refractivity contribution is -0.0483. The molecule has 1 aliphatic rings. The van der Waals surface area contributed by atoms with Crippen molar-refractivity contribution in [3.8, 4) is 0 Å². The number of hydrogen-bond acceptors (Lipinski definition) is 4. The maximum Gasteiger partial charge on any atom is 0.251 e. The third kappa shape index (κ3) is 4.40. The molecule has 1 amide bonds. The first kappa shape index (κ1) is 20.6. The largest absolute Gasteiger partial charge is 0.373 e. The van der Waals surface area contributed by atoms with Crippen LogP contribution in [0.5, 0.6) is 0 Å². The quantitative estimate of drug-likeness (QED) is 0.682. The molecule has 2 aromatic carbocycles. The summed E-state index contributed by atoms with van der Waals surface area (Å²) in [6.45, 7) is 7.37. The van der Waals surface area contributed by atoms with Crippen LogP contribution in [0, 0.1) is 6.92 Å². The highest BCUT2D eigenvalue weighted by Gasteiger charge is 2.28. The van der Waals surface area contributed by atoms with E-state index >= 15 is 0 Å². The summed E-state index contributed by atoms with van der Waals surface area (Å²) in [7, 11) is 1.99. The Hall–Kier alpha value is -2.70. The molecule has 6 nitrogen and oxygen atoms in total. The van der Waals surface area contributed by atoms with Gasteiger partial charge in [-0.05, 0) is 37.1 Å². The van der Waals surface area contributed by atoms with E-state index in [-0.39, 0.29) is 18.1 Å². The Labute approximate surface area is 177 Å². The van der Waals surface area contributed by atoms with Crippen LogP contribution >= 0.6 is 0 Å². The number of nitrogens with zero attached hydrogens (tertiary/aromatic N) is 3. The van der Waals surface area contributed by atoms with Crippen molar-refractivity contribution < 1.29 is 9.53 Å². The van der Waals surface area contributed by atoms with Crippen molar-refractivity contribution in [3.63, 3.8) is 0 Å². The first-order chi connectivity index (χ1) is 14.5. The molecule has 0 spiro atoms. The monoisotopic (exact) mass is 406 g/mol. The molecule has 0 unspecified atom stereocenters. The summed E-state index contributed by atoms with van der Waals surface area (Å²) in [5, 5.41) is 3.20. The molecule has 0 radical (unpaired) electrons. The molecule has 1 N–H and O–H groups in total. The van der Waals surface area contributed by atoms with Gasteiger partial charge in [0.1, 0.15) is 5.82 Å². The highest BCUT2D eigenvalue weighted by molar-refractivity contribution is 5.97. The maximum absolute atomic E-state index is 12.9. The van der Waals surface area contributed by atoms with E-state index in [9.17, 15) is 4.79 Å². The number of aryl methyl sites for hydroxylation is 2. The van der Waals surface area contributed by atoms with E-state index < -0.39 is 0 Å². The lowest BCUT2D eigenvalue weighted by Gasteiger charge is -2.37. The van der Waals surface area contributed by atoms with Crippen LogP contribution in [0.3, 0.4) is 0 Å². The van der Waals surface area contributed by atoms with Crippen LogP contribution in [0.2, 0.25) is 0 Å². The second kappa shape index (κ2) is 8.98. The minimum absolute atomic E-state index is 0.0164. The number of aromatic nitrogens is 2. The number of carbonyl (C=O) groups excluding carboxylic acids is 1. The van der Waals surface area contributed by atoms with Crippen LogP contribution in [-0.4, -0.2) is 52.2 Å². The molecule has 3 aromatic rings. The van der Waals surface area contributed by atoms with Crippen molar-refractivity contribution in [2.45, 2.75) is 39.0 Å². The number of benzene rings is 2. The van der Waals surface area contributed by atoms with E-state index in [2.05, 4.69) is 46.4 Å². The SMILES string of the molecule is CC[C@H](NC(=O)c1ccc2c(c1)nc(C)n2C)[C@@H]1CN(Cc2ccccc2)CCO1. The molecule has 1 fully saturated rings. The van der Waals surface area contributed by atoms with Gasteiger partial charge in [-0.1, -0.05) is 37.3 Å². The highest BCUT2D eigenvalue weighted by Crippen LogP contribution is 2.18. The molecule has 0 bridgehead atoms. The topological polar surface area (TPSA) is 59.4 Å². The molecule has 0 saturated carbocycles. The number of amides is 1. The van der Waals surface area contributed by atoms with Crippen LogP contribution in [0.1, 0.15) is 35.1 Å². The number of rotatable bonds is 6. The first-order valence-electron chi connectivity index (χ1n) is 10.7. The zero-order chi connectivity index (χ0) is 21.1. The zero-order valence-corrected chi connectivity index (χ0v) is 18.0. The fourth-order valence-corrected chi connectivity index (χ4v) is 4.13. The molecule has 6 heteroatoms. The summed E-state index contributed by atoms with van der Waals surface area (Å²) >= 11 is 0. The van der Waals surface area contributed by atoms with E-state index in [1.165, 1.54) is 5.56 Å². The van der Waals surface area contributed by atoms with Crippen molar-refractivity contribution in [1.82, 2.24) is 19.8 Å². The number of fused-ring (bicyclic) bond motifs is 1. The molecule has 2 heterocycles. The van der Waals surface area contributed by atoms with Gasteiger partial charge in [0.2, 0.25) is 0 Å². The van der Waals surface area contributed by atoms with Crippen LogP contribution in [0.25, 0.3) is 11.0 Å². The Balaban J connectivity index is 1.42. The molecule has 30 heavy (non-hydrogen) atoms. The molecule has 1 aliphatic heterocycles. The summed E-state index contributed by atoms with van der Waals surface area (Å²) in [6, 6.07) is 16.2. The minimum Gasteiger partial charge on any atom is -0.373 e. The zero-order valence-electron chi connectivity index (χ0n) is 18.0. The lowest BCUT2D eigenvalue weighted by atomic mass is 10.0. The molecular formula is C24H30N4O2. The number of nitrogens with one attached hydrogen (secondary N) is 1. The van der Waals surface area contributed by atoms with Crippen molar-refractivity contribution in [2.24, 2.45) is 7.05 Å². The van der Waals surface area contributed by atoms with E-state index in [4.69, 9.17) is 4.74 Å². The van der Waals surface area contributed by atoms with E-state index in [1.54, 1.807) is 0 Å². The number of imidazole rings is 1. The highest BCUT2D eigenvalue weighted by atomic mass is 16.5. The Morgan fingerprint density at radius 2 is 2.07 bits per heavy atom. The minimum atomic E-state index is -0.0733. The van der Waals surface area contributed by atoms with Gasteiger partial charge in [0.05, 0.1) is 29.8 Å². The van der Waals surface area contributed by atoms with Gasteiger partial charge < -0.3 is 14.6 Å². The first-order valence-corrected chi connectivity index (χ1v) is 10.7. The van der Waals surface area contributed by atoms with Crippen molar-refractivity contribution in [2.75, 3.05) is 19.7 Å². The molecule has 0 aliphatic carbocycles. The molecule has 1 saturated heterocycles. The Kier molecular flexibility index (Phi) is 6.16. The second-order valence-corrected chi connectivity index (χ2v) is 8.04. The summed E-state index contributed by atoms with van der Waals surface area (Å²) in [4.78, 5) is 19.9. The molecule has 1 aromatic heterocycles. The summed E-state index contributed by atoms with van der Waals surface area (Å²) in [5.74, 6) is 0.860. The lowest BCUT2D eigenvalue weighted by Crippen LogP contribution is -2.53. The van der Waals surface area contributed by atoms with Crippen molar-refractivity contribution >= 4 is 16.9 Å². The van der Waals surface area contributed by atoms with Crippen LogP contribution in [0.15, 0.2) is 48.5 Å².